The van der Waals surface area contributed by atoms with Gasteiger partial charge in [-0.15, -0.1) is 0 Å². The molecule has 1 saturated heterocycles. The van der Waals surface area contributed by atoms with Crippen molar-refractivity contribution in [2.45, 2.75) is 70.8 Å². The Labute approximate surface area is 139 Å². The van der Waals surface area contributed by atoms with Crippen molar-refractivity contribution in [2.24, 2.45) is 23.2 Å². The molecule has 0 aromatic rings. The quantitative estimate of drug-likeness (QED) is 0.870. The number of hydrogen-bond acceptors (Lipinski definition) is 2. The topological polar surface area (TPSA) is 49.4 Å². The van der Waals surface area contributed by atoms with E-state index in [1.165, 1.54) is 12.8 Å². The van der Waals surface area contributed by atoms with E-state index < -0.39 is 0 Å². The van der Waals surface area contributed by atoms with Crippen LogP contribution in [0.3, 0.4) is 0 Å². The van der Waals surface area contributed by atoms with Gasteiger partial charge in [0, 0.05) is 31.0 Å². The van der Waals surface area contributed by atoms with Crippen molar-refractivity contribution in [3.05, 3.63) is 0 Å². The summed E-state index contributed by atoms with van der Waals surface area (Å²) in [5.74, 6) is 2.08. The predicted molar refractivity (Wildman–Crippen MR) is 88.6 cm³/mol. The van der Waals surface area contributed by atoms with Crippen LogP contribution in [0, 0.1) is 23.2 Å². The molecule has 4 aliphatic rings. The third-order valence-electron chi connectivity index (χ3n) is 6.77. The molecule has 3 aliphatic carbocycles. The van der Waals surface area contributed by atoms with Gasteiger partial charge in [-0.1, -0.05) is 6.92 Å². The number of rotatable bonds is 3. The first-order valence-corrected chi connectivity index (χ1v) is 9.64. The average Bonchev–Trinajstić information content (AvgIpc) is 3.27. The Morgan fingerprint density at radius 3 is 2.30 bits per heavy atom. The van der Waals surface area contributed by atoms with Crippen LogP contribution in [0.2, 0.25) is 0 Å². The van der Waals surface area contributed by atoms with Crippen molar-refractivity contribution in [3.8, 4) is 0 Å². The molecular formula is C19H30N2O2. The molecule has 2 amide bonds. The lowest BCUT2D eigenvalue weighted by molar-refractivity contribution is -0.137. The maximum atomic E-state index is 12.7. The van der Waals surface area contributed by atoms with E-state index in [0.29, 0.717) is 23.3 Å². The van der Waals surface area contributed by atoms with Gasteiger partial charge in [-0.05, 0) is 69.1 Å². The molecule has 0 unspecified atom stereocenters. The molecule has 0 aromatic heterocycles. The van der Waals surface area contributed by atoms with Crippen LogP contribution >= 0.6 is 0 Å². The highest BCUT2D eigenvalue weighted by atomic mass is 16.2. The van der Waals surface area contributed by atoms with E-state index in [0.717, 1.165) is 64.0 Å². The van der Waals surface area contributed by atoms with E-state index in [9.17, 15) is 9.59 Å². The number of likely N-dealkylation sites (tertiary alicyclic amines) is 1. The Balaban J connectivity index is 1.25. The van der Waals surface area contributed by atoms with Crippen molar-refractivity contribution in [3.63, 3.8) is 0 Å². The maximum Gasteiger partial charge on any atom is 0.225 e. The molecule has 0 aromatic carbocycles. The first kappa shape index (κ1) is 15.5. The van der Waals surface area contributed by atoms with Gasteiger partial charge >= 0.3 is 0 Å². The van der Waals surface area contributed by atoms with Gasteiger partial charge in [0.05, 0.1) is 0 Å². The van der Waals surface area contributed by atoms with Gasteiger partial charge in [-0.25, -0.2) is 0 Å². The van der Waals surface area contributed by atoms with E-state index in [1.54, 1.807) is 0 Å². The van der Waals surface area contributed by atoms with Crippen molar-refractivity contribution < 1.29 is 9.59 Å². The van der Waals surface area contributed by atoms with Crippen LogP contribution in [0.4, 0.5) is 0 Å². The summed E-state index contributed by atoms with van der Waals surface area (Å²) in [7, 11) is 0. The summed E-state index contributed by atoms with van der Waals surface area (Å²) >= 11 is 0. The molecule has 0 bridgehead atoms. The molecule has 128 valence electrons. The van der Waals surface area contributed by atoms with Crippen LogP contribution in [0.5, 0.6) is 0 Å². The van der Waals surface area contributed by atoms with Crippen LogP contribution in [0.1, 0.15) is 64.7 Å². The van der Waals surface area contributed by atoms with Gasteiger partial charge in [0.1, 0.15) is 0 Å². The fourth-order valence-corrected chi connectivity index (χ4v) is 4.97. The van der Waals surface area contributed by atoms with Crippen LogP contribution < -0.4 is 5.32 Å². The number of nitrogens with zero attached hydrogens (tertiary/aromatic N) is 1. The summed E-state index contributed by atoms with van der Waals surface area (Å²) in [6.45, 7) is 4.18. The zero-order valence-electron chi connectivity index (χ0n) is 14.4. The summed E-state index contributed by atoms with van der Waals surface area (Å²) < 4.78 is 0. The minimum atomic E-state index is 0.270. The van der Waals surface area contributed by atoms with E-state index in [2.05, 4.69) is 17.1 Å². The minimum absolute atomic E-state index is 0.270. The second kappa shape index (κ2) is 5.78. The zero-order chi connectivity index (χ0) is 16.0. The Bertz CT molecular complexity index is 486. The van der Waals surface area contributed by atoms with Crippen LogP contribution in [-0.4, -0.2) is 35.8 Å². The standard InChI is InChI=1S/C19H30N2O2/c1-13-2-4-15(5-3-13)18(23)21-9-8-19(12-21)10-16(11-19)20-17(22)14-6-7-14/h13-16H,2-12H2,1H3,(H,20,22). The molecule has 1 N–H and O–H groups in total. The lowest BCUT2D eigenvalue weighted by Gasteiger charge is -2.45. The predicted octanol–water partition coefficient (Wildman–Crippen LogP) is 2.72. The Morgan fingerprint density at radius 2 is 1.65 bits per heavy atom. The van der Waals surface area contributed by atoms with E-state index in [4.69, 9.17) is 0 Å². The van der Waals surface area contributed by atoms with Gasteiger partial charge in [0.2, 0.25) is 11.8 Å². The summed E-state index contributed by atoms with van der Waals surface area (Å²) in [4.78, 5) is 26.7. The monoisotopic (exact) mass is 318 g/mol. The highest BCUT2D eigenvalue weighted by Crippen LogP contribution is 2.49. The Hall–Kier alpha value is -1.06. The lowest BCUT2D eigenvalue weighted by Crippen LogP contribution is -2.52. The Morgan fingerprint density at radius 1 is 1.00 bits per heavy atom. The molecule has 4 rings (SSSR count). The van der Waals surface area contributed by atoms with E-state index in [1.807, 2.05) is 0 Å². The van der Waals surface area contributed by atoms with Crippen LogP contribution in [0.25, 0.3) is 0 Å². The second-order valence-corrected chi connectivity index (χ2v) is 8.85. The summed E-state index contributed by atoms with van der Waals surface area (Å²) in [5, 5.41) is 3.20. The fraction of sp³-hybridized carbons (Fsp3) is 0.895. The summed E-state index contributed by atoms with van der Waals surface area (Å²) in [6, 6.07) is 0.369. The third kappa shape index (κ3) is 3.14. The van der Waals surface area contributed by atoms with Gasteiger partial charge in [0.15, 0.2) is 0 Å². The molecule has 4 heteroatoms. The number of nitrogens with one attached hydrogen (secondary N) is 1. The molecule has 4 fully saturated rings. The summed E-state index contributed by atoms with van der Waals surface area (Å²) in [6.07, 6.45) is 10.0. The SMILES string of the molecule is CC1CCC(C(=O)N2CCC3(CC(NC(=O)C4CC4)C3)C2)CC1. The fourth-order valence-electron chi connectivity index (χ4n) is 4.97. The van der Waals surface area contributed by atoms with Crippen molar-refractivity contribution in [1.82, 2.24) is 10.2 Å². The van der Waals surface area contributed by atoms with E-state index >= 15 is 0 Å². The average molecular weight is 318 g/mol. The number of carbonyl (C=O) groups excluding carboxylic acids is 2. The molecule has 1 spiro atoms. The lowest BCUT2D eigenvalue weighted by atomic mass is 9.65. The van der Waals surface area contributed by atoms with Crippen molar-refractivity contribution in [2.75, 3.05) is 13.1 Å². The normalized spacial score (nSPS) is 40.0. The minimum Gasteiger partial charge on any atom is -0.353 e. The highest BCUT2D eigenvalue weighted by Gasteiger charge is 2.50. The molecule has 23 heavy (non-hydrogen) atoms. The molecule has 1 heterocycles. The molecule has 0 atom stereocenters. The number of amides is 2. The Kier molecular flexibility index (Phi) is 3.89. The van der Waals surface area contributed by atoms with Crippen molar-refractivity contribution in [1.29, 1.82) is 0 Å². The molecule has 3 saturated carbocycles. The highest BCUT2D eigenvalue weighted by molar-refractivity contribution is 5.81. The maximum absolute atomic E-state index is 12.7. The zero-order valence-corrected chi connectivity index (χ0v) is 14.4. The second-order valence-electron chi connectivity index (χ2n) is 8.85. The van der Waals surface area contributed by atoms with Gasteiger partial charge < -0.3 is 10.2 Å². The number of carbonyl (C=O) groups is 2. The third-order valence-corrected chi connectivity index (χ3v) is 6.77. The number of hydrogen-bond donors (Lipinski definition) is 1. The van der Waals surface area contributed by atoms with Crippen molar-refractivity contribution >= 4 is 11.8 Å². The van der Waals surface area contributed by atoms with Crippen LogP contribution in [-0.2, 0) is 9.59 Å². The van der Waals surface area contributed by atoms with Crippen LogP contribution in [0.15, 0.2) is 0 Å². The van der Waals surface area contributed by atoms with Gasteiger partial charge in [-0.2, -0.15) is 0 Å². The molecule has 0 radical (unpaired) electrons. The van der Waals surface area contributed by atoms with E-state index in [-0.39, 0.29) is 11.8 Å². The van der Waals surface area contributed by atoms with Gasteiger partial charge in [-0.3, -0.25) is 9.59 Å². The molecular weight excluding hydrogens is 288 g/mol. The first-order chi connectivity index (χ1) is 11.0. The molecule has 4 nitrogen and oxygen atoms in total. The summed E-state index contributed by atoms with van der Waals surface area (Å²) in [5.41, 5.74) is 0.319. The largest absolute Gasteiger partial charge is 0.353 e. The van der Waals surface area contributed by atoms with Gasteiger partial charge in [0.25, 0.3) is 0 Å². The first-order valence-electron chi connectivity index (χ1n) is 9.64. The smallest absolute Gasteiger partial charge is 0.225 e. The molecule has 1 aliphatic heterocycles.